The van der Waals surface area contributed by atoms with Crippen LogP contribution in [0.2, 0.25) is 0 Å². The summed E-state index contributed by atoms with van der Waals surface area (Å²) in [6, 6.07) is 4.90. The molecule has 0 spiro atoms. The van der Waals surface area contributed by atoms with Crippen molar-refractivity contribution in [2.75, 3.05) is 33.0 Å². The minimum absolute atomic E-state index is 0.143. The number of imide groups is 1. The molecule has 4 amide bonds. The molecule has 1 unspecified atom stereocenters. The Morgan fingerprint density at radius 2 is 1.79 bits per heavy atom. The predicted octanol–water partition coefficient (Wildman–Crippen LogP) is 2.29. The fraction of sp³-hybridized carbons (Fsp3) is 0.607. The summed E-state index contributed by atoms with van der Waals surface area (Å²) in [5.74, 6) is -0.799. The van der Waals surface area contributed by atoms with Crippen LogP contribution in [0.1, 0.15) is 74.4 Å². The molecule has 1 fully saturated rings. The number of hydrogen-bond donors (Lipinski definition) is 2. The van der Waals surface area contributed by atoms with E-state index in [0.717, 1.165) is 11.1 Å². The van der Waals surface area contributed by atoms with Crippen LogP contribution in [-0.2, 0) is 41.6 Å². The smallest absolute Gasteiger partial charge is 0.407 e. The van der Waals surface area contributed by atoms with Gasteiger partial charge in [-0.15, -0.1) is 0 Å². The monoisotopic (exact) mass is 545 g/mol. The van der Waals surface area contributed by atoms with Crippen LogP contribution in [0, 0.1) is 0 Å². The fourth-order valence-corrected chi connectivity index (χ4v) is 4.42. The van der Waals surface area contributed by atoms with Gasteiger partial charge >= 0.3 is 6.09 Å². The molecule has 0 aromatic heterocycles. The number of nitrogens with one attached hydrogen (secondary N) is 2. The Labute approximate surface area is 228 Å². The van der Waals surface area contributed by atoms with Crippen molar-refractivity contribution < 1.29 is 38.2 Å². The number of aryl methyl sites for hydroxylation is 1. The van der Waals surface area contributed by atoms with E-state index in [1.807, 2.05) is 12.1 Å². The molecule has 3 rings (SSSR count). The van der Waals surface area contributed by atoms with E-state index in [1.54, 1.807) is 26.8 Å². The molecule has 11 heteroatoms. The Kier molecular flexibility index (Phi) is 11.0. The van der Waals surface area contributed by atoms with Crippen molar-refractivity contribution in [2.24, 2.45) is 0 Å². The number of carbonyl (C=O) groups excluding carboxylic acids is 5. The van der Waals surface area contributed by atoms with Crippen LogP contribution in [0.15, 0.2) is 18.2 Å². The van der Waals surface area contributed by atoms with E-state index in [9.17, 15) is 24.0 Å². The number of ketones is 1. The largest absolute Gasteiger partial charge is 0.444 e. The summed E-state index contributed by atoms with van der Waals surface area (Å²) in [4.78, 5) is 61.8. The zero-order valence-electron chi connectivity index (χ0n) is 23.0. The van der Waals surface area contributed by atoms with Crippen molar-refractivity contribution in [1.82, 2.24) is 15.5 Å². The molecule has 11 nitrogen and oxygen atoms in total. The first-order chi connectivity index (χ1) is 18.5. The number of ether oxygens (including phenoxy) is 3. The molecule has 0 bridgehead atoms. The maximum atomic E-state index is 12.8. The lowest BCUT2D eigenvalue weighted by Crippen LogP contribution is -2.52. The Morgan fingerprint density at radius 1 is 1.05 bits per heavy atom. The molecule has 2 N–H and O–H groups in total. The highest BCUT2D eigenvalue weighted by Crippen LogP contribution is 2.28. The zero-order valence-corrected chi connectivity index (χ0v) is 23.0. The quantitative estimate of drug-likeness (QED) is 0.268. The normalized spacial score (nSPS) is 17.2. The van der Waals surface area contributed by atoms with Gasteiger partial charge in [-0.3, -0.25) is 24.5 Å². The Bertz CT molecular complexity index is 1070. The first kappa shape index (κ1) is 30.2. The third-order valence-corrected chi connectivity index (χ3v) is 6.31. The number of nitrogens with zero attached hydrogens (tertiary/aromatic N) is 1. The van der Waals surface area contributed by atoms with Gasteiger partial charge < -0.3 is 24.4 Å². The number of hydrogen-bond acceptors (Lipinski definition) is 8. The molecule has 1 aromatic rings. The second kappa shape index (κ2) is 14.2. The van der Waals surface area contributed by atoms with Crippen LogP contribution in [0.4, 0.5) is 4.79 Å². The highest BCUT2D eigenvalue weighted by Gasteiger charge is 2.39. The summed E-state index contributed by atoms with van der Waals surface area (Å²) in [5, 5.41) is 4.92. The molecule has 0 radical (unpaired) electrons. The standard InChI is InChI=1S/C28H39N3O8/c1-28(2,3)39-27(36)29-12-14-38-16-15-37-13-4-5-21(32)8-6-19-7-9-22-20(17-19)18-31(26(22)35)23-10-11-24(33)30-25(23)34/h7,9,17,23H,4-6,8,10-16,18H2,1-3H3,(H,29,36)(H,30,33,34). The lowest BCUT2D eigenvalue weighted by Gasteiger charge is -2.29. The Hall–Kier alpha value is -3.31. The minimum atomic E-state index is -0.637. The second-order valence-electron chi connectivity index (χ2n) is 10.7. The van der Waals surface area contributed by atoms with Crippen LogP contribution >= 0.6 is 0 Å². The van der Waals surface area contributed by atoms with Gasteiger partial charge in [-0.25, -0.2) is 4.79 Å². The van der Waals surface area contributed by atoms with Gasteiger partial charge in [-0.2, -0.15) is 0 Å². The molecule has 0 saturated carbocycles. The SMILES string of the molecule is CC(C)(C)OC(=O)NCCOCCOCCCC(=O)CCc1ccc2c(c1)CN(C1CCC(=O)NC1=O)C2=O. The highest BCUT2D eigenvalue weighted by molar-refractivity contribution is 6.05. The molecular weight excluding hydrogens is 506 g/mol. The summed E-state index contributed by atoms with van der Waals surface area (Å²) in [7, 11) is 0. The van der Waals surface area contributed by atoms with Crippen LogP contribution in [0.25, 0.3) is 0 Å². The van der Waals surface area contributed by atoms with Crippen LogP contribution in [-0.4, -0.2) is 79.1 Å². The van der Waals surface area contributed by atoms with Crippen molar-refractivity contribution in [3.63, 3.8) is 0 Å². The molecule has 2 aliphatic rings. The Balaban J connectivity index is 1.25. The first-order valence-corrected chi connectivity index (χ1v) is 13.4. The lowest BCUT2D eigenvalue weighted by molar-refractivity contribution is -0.137. The number of carbonyl (C=O) groups is 5. The number of fused-ring (bicyclic) bond motifs is 1. The number of rotatable bonds is 14. The molecule has 2 heterocycles. The molecule has 214 valence electrons. The maximum Gasteiger partial charge on any atom is 0.407 e. The number of piperidine rings is 1. The van der Waals surface area contributed by atoms with Crippen LogP contribution in [0.5, 0.6) is 0 Å². The van der Waals surface area contributed by atoms with E-state index < -0.39 is 23.6 Å². The highest BCUT2D eigenvalue weighted by atomic mass is 16.6. The molecular formula is C28H39N3O8. The molecule has 1 atom stereocenters. The van der Waals surface area contributed by atoms with E-state index in [-0.39, 0.29) is 24.0 Å². The van der Waals surface area contributed by atoms with Gasteiger partial charge in [0.05, 0.1) is 19.8 Å². The number of benzene rings is 1. The number of alkyl carbamates (subject to hydrolysis) is 1. The van der Waals surface area contributed by atoms with Gasteiger partial charge in [0.1, 0.15) is 17.4 Å². The minimum Gasteiger partial charge on any atom is -0.444 e. The van der Waals surface area contributed by atoms with E-state index >= 15 is 0 Å². The first-order valence-electron chi connectivity index (χ1n) is 13.4. The van der Waals surface area contributed by atoms with Crippen LogP contribution < -0.4 is 10.6 Å². The zero-order chi connectivity index (χ0) is 28.4. The fourth-order valence-electron chi connectivity index (χ4n) is 4.42. The molecule has 0 aliphatic carbocycles. The van der Waals surface area contributed by atoms with Crippen LogP contribution in [0.3, 0.4) is 0 Å². The lowest BCUT2D eigenvalue weighted by atomic mass is 10.0. The van der Waals surface area contributed by atoms with E-state index in [4.69, 9.17) is 14.2 Å². The molecule has 1 saturated heterocycles. The predicted molar refractivity (Wildman–Crippen MR) is 141 cm³/mol. The molecule has 2 aliphatic heterocycles. The topological polar surface area (TPSA) is 140 Å². The van der Waals surface area contributed by atoms with Gasteiger partial charge in [0.25, 0.3) is 5.91 Å². The number of Topliss-reactive ketones (excluding diaryl/α,β-unsaturated/α-hetero) is 1. The molecule has 39 heavy (non-hydrogen) atoms. The van der Waals surface area contributed by atoms with Gasteiger partial charge in [-0.1, -0.05) is 12.1 Å². The summed E-state index contributed by atoms with van der Waals surface area (Å²) in [5.41, 5.74) is 1.84. The summed E-state index contributed by atoms with van der Waals surface area (Å²) in [6.45, 7) is 7.69. The second-order valence-corrected chi connectivity index (χ2v) is 10.7. The van der Waals surface area contributed by atoms with E-state index in [0.29, 0.717) is 77.2 Å². The summed E-state index contributed by atoms with van der Waals surface area (Å²) < 4.78 is 16.0. The summed E-state index contributed by atoms with van der Waals surface area (Å²) >= 11 is 0. The maximum absolute atomic E-state index is 12.8. The van der Waals surface area contributed by atoms with Crippen molar-refractivity contribution >= 4 is 29.6 Å². The summed E-state index contributed by atoms with van der Waals surface area (Å²) in [6.07, 6.45) is 2.09. The van der Waals surface area contributed by atoms with E-state index in [2.05, 4.69) is 10.6 Å². The third kappa shape index (κ3) is 9.74. The van der Waals surface area contributed by atoms with Gasteiger partial charge in [0, 0.05) is 44.5 Å². The third-order valence-electron chi connectivity index (χ3n) is 6.31. The van der Waals surface area contributed by atoms with Crippen molar-refractivity contribution in [1.29, 1.82) is 0 Å². The van der Waals surface area contributed by atoms with Crippen molar-refractivity contribution in [3.8, 4) is 0 Å². The number of amides is 4. The molecule has 1 aromatic carbocycles. The van der Waals surface area contributed by atoms with Gasteiger partial charge in [0.2, 0.25) is 11.8 Å². The van der Waals surface area contributed by atoms with Gasteiger partial charge in [-0.05, 0) is 57.2 Å². The average molecular weight is 546 g/mol. The van der Waals surface area contributed by atoms with Crippen molar-refractivity contribution in [2.45, 2.75) is 77.5 Å². The van der Waals surface area contributed by atoms with Crippen molar-refractivity contribution in [3.05, 3.63) is 34.9 Å². The Morgan fingerprint density at radius 3 is 2.51 bits per heavy atom. The average Bonchev–Trinajstić information content (AvgIpc) is 3.18. The van der Waals surface area contributed by atoms with E-state index in [1.165, 1.54) is 4.90 Å². The van der Waals surface area contributed by atoms with Gasteiger partial charge in [0.15, 0.2) is 0 Å².